The molecule has 0 radical (unpaired) electrons. The van der Waals surface area contributed by atoms with Crippen LogP contribution in [-0.4, -0.2) is 31.4 Å². The molecule has 0 fully saturated rings. The van der Waals surface area contributed by atoms with Crippen molar-refractivity contribution in [2.45, 2.75) is 12.5 Å². The average molecular weight is 302 g/mol. The molecule has 116 valence electrons. The second-order valence-electron chi connectivity index (χ2n) is 4.68. The van der Waals surface area contributed by atoms with Crippen LogP contribution in [0.2, 0.25) is 0 Å². The summed E-state index contributed by atoms with van der Waals surface area (Å²) >= 11 is 0. The number of rotatable bonds is 7. The van der Waals surface area contributed by atoms with E-state index >= 15 is 0 Å². The first-order valence-electron chi connectivity index (χ1n) is 6.79. The number of aliphatic carboxylic acids is 1. The number of methoxy groups -OCH3 is 2. The molecule has 5 heteroatoms. The quantitative estimate of drug-likeness (QED) is 0.852. The predicted molar refractivity (Wildman–Crippen MR) is 81.7 cm³/mol. The van der Waals surface area contributed by atoms with Crippen molar-refractivity contribution in [1.82, 2.24) is 0 Å². The van der Waals surface area contributed by atoms with Gasteiger partial charge in [-0.1, -0.05) is 18.2 Å². The Balaban J connectivity index is 2.14. The summed E-state index contributed by atoms with van der Waals surface area (Å²) in [6.45, 7) is 0. The normalized spacial score (nSPS) is 11.5. The van der Waals surface area contributed by atoms with Gasteiger partial charge in [0.1, 0.15) is 17.2 Å². The molecule has 0 unspecified atom stereocenters. The Morgan fingerprint density at radius 2 is 1.59 bits per heavy atom. The lowest BCUT2D eigenvalue weighted by Gasteiger charge is -2.16. The van der Waals surface area contributed by atoms with Crippen LogP contribution in [0, 0.1) is 0 Å². The first-order chi connectivity index (χ1) is 10.6. The highest BCUT2D eigenvalue weighted by Gasteiger charge is 2.20. The van der Waals surface area contributed by atoms with Crippen molar-refractivity contribution in [1.29, 1.82) is 0 Å². The molecule has 0 aliphatic rings. The molecule has 2 rings (SSSR count). The van der Waals surface area contributed by atoms with Gasteiger partial charge < -0.3 is 19.3 Å². The molecule has 5 nitrogen and oxygen atoms in total. The van der Waals surface area contributed by atoms with Gasteiger partial charge in [-0.15, -0.1) is 0 Å². The van der Waals surface area contributed by atoms with Crippen LogP contribution in [0.1, 0.15) is 5.56 Å². The van der Waals surface area contributed by atoms with Crippen LogP contribution >= 0.6 is 0 Å². The zero-order chi connectivity index (χ0) is 15.9. The van der Waals surface area contributed by atoms with Crippen molar-refractivity contribution >= 4 is 5.97 Å². The van der Waals surface area contributed by atoms with E-state index in [-0.39, 0.29) is 6.42 Å². The SMILES string of the molecule is COc1cccc(C[C@@H](Oc2cccc(OC)c2)C(=O)O)c1. The highest BCUT2D eigenvalue weighted by molar-refractivity contribution is 5.73. The maximum Gasteiger partial charge on any atom is 0.345 e. The molecule has 0 amide bonds. The van der Waals surface area contributed by atoms with Gasteiger partial charge in [0.2, 0.25) is 0 Å². The molecular weight excluding hydrogens is 284 g/mol. The molecule has 22 heavy (non-hydrogen) atoms. The van der Waals surface area contributed by atoms with Crippen molar-refractivity contribution in [3.05, 3.63) is 54.1 Å². The third-order valence-corrected chi connectivity index (χ3v) is 3.15. The summed E-state index contributed by atoms with van der Waals surface area (Å²) in [4.78, 5) is 11.4. The molecule has 0 spiro atoms. The van der Waals surface area contributed by atoms with Crippen LogP contribution < -0.4 is 14.2 Å². The van der Waals surface area contributed by atoms with E-state index < -0.39 is 12.1 Å². The third kappa shape index (κ3) is 4.15. The standard InChI is InChI=1S/C17H18O5/c1-20-13-6-3-5-12(9-13)10-16(17(18)19)22-15-8-4-7-14(11-15)21-2/h3-9,11,16H,10H2,1-2H3,(H,18,19)/t16-/m1/s1. The summed E-state index contributed by atoms with van der Waals surface area (Å²) in [5.41, 5.74) is 0.828. The second-order valence-corrected chi connectivity index (χ2v) is 4.68. The van der Waals surface area contributed by atoms with Gasteiger partial charge in [-0.05, 0) is 29.8 Å². The van der Waals surface area contributed by atoms with Crippen LogP contribution in [0.15, 0.2) is 48.5 Å². The second kappa shape index (κ2) is 7.36. The van der Waals surface area contributed by atoms with Crippen molar-refractivity contribution in [3.63, 3.8) is 0 Å². The largest absolute Gasteiger partial charge is 0.497 e. The number of hydrogen-bond donors (Lipinski definition) is 1. The average Bonchev–Trinajstić information content (AvgIpc) is 2.54. The predicted octanol–water partition coefficient (Wildman–Crippen LogP) is 2.78. The summed E-state index contributed by atoms with van der Waals surface area (Å²) in [5, 5.41) is 9.36. The number of carboxylic acid groups (broad SMARTS) is 1. The van der Waals surface area contributed by atoms with Gasteiger partial charge in [-0.3, -0.25) is 0 Å². The minimum absolute atomic E-state index is 0.240. The Labute approximate surface area is 129 Å². The fourth-order valence-electron chi connectivity index (χ4n) is 2.03. The Morgan fingerprint density at radius 3 is 2.23 bits per heavy atom. The molecule has 1 atom stereocenters. The molecule has 0 saturated carbocycles. The van der Waals surface area contributed by atoms with Gasteiger partial charge >= 0.3 is 5.97 Å². The van der Waals surface area contributed by atoms with E-state index in [0.717, 1.165) is 5.56 Å². The minimum atomic E-state index is -1.02. The van der Waals surface area contributed by atoms with Gasteiger partial charge in [0.15, 0.2) is 6.10 Å². The Morgan fingerprint density at radius 1 is 1.00 bits per heavy atom. The first kappa shape index (κ1) is 15.7. The Kier molecular flexibility index (Phi) is 5.25. The highest BCUT2D eigenvalue weighted by atomic mass is 16.5. The molecular formula is C17H18O5. The maximum absolute atomic E-state index is 11.4. The molecule has 0 aromatic heterocycles. The van der Waals surface area contributed by atoms with Crippen LogP contribution in [-0.2, 0) is 11.2 Å². The van der Waals surface area contributed by atoms with Gasteiger partial charge in [0.25, 0.3) is 0 Å². The van der Waals surface area contributed by atoms with Gasteiger partial charge in [-0.2, -0.15) is 0 Å². The van der Waals surface area contributed by atoms with Crippen LogP contribution in [0.5, 0.6) is 17.2 Å². The number of benzene rings is 2. The first-order valence-corrected chi connectivity index (χ1v) is 6.79. The van der Waals surface area contributed by atoms with E-state index in [1.54, 1.807) is 44.6 Å². The molecule has 2 aromatic carbocycles. The van der Waals surface area contributed by atoms with Crippen molar-refractivity contribution in [3.8, 4) is 17.2 Å². The van der Waals surface area contributed by atoms with E-state index in [9.17, 15) is 9.90 Å². The highest BCUT2D eigenvalue weighted by Crippen LogP contribution is 2.22. The van der Waals surface area contributed by atoms with E-state index in [1.807, 2.05) is 18.2 Å². The summed E-state index contributed by atoms with van der Waals surface area (Å²) in [6.07, 6.45) is -0.747. The zero-order valence-corrected chi connectivity index (χ0v) is 12.5. The van der Waals surface area contributed by atoms with E-state index in [1.165, 1.54) is 0 Å². The monoisotopic (exact) mass is 302 g/mol. The Bertz CT molecular complexity index is 589. The molecule has 0 aliphatic carbocycles. The smallest absolute Gasteiger partial charge is 0.345 e. The molecule has 0 bridgehead atoms. The van der Waals surface area contributed by atoms with Crippen molar-refractivity contribution < 1.29 is 24.1 Å². The fraction of sp³-hybridized carbons (Fsp3) is 0.235. The van der Waals surface area contributed by atoms with Gasteiger partial charge in [0, 0.05) is 12.5 Å². The van der Waals surface area contributed by atoms with Crippen LogP contribution in [0.25, 0.3) is 0 Å². The lowest BCUT2D eigenvalue weighted by Crippen LogP contribution is -2.29. The van der Waals surface area contributed by atoms with Gasteiger partial charge in [-0.25, -0.2) is 4.79 Å². The molecule has 2 aromatic rings. The summed E-state index contributed by atoms with van der Waals surface area (Å²) in [5.74, 6) is 0.728. The zero-order valence-electron chi connectivity index (χ0n) is 12.5. The number of carbonyl (C=O) groups is 1. The number of carboxylic acids is 1. The fourth-order valence-corrected chi connectivity index (χ4v) is 2.03. The van der Waals surface area contributed by atoms with Gasteiger partial charge in [0.05, 0.1) is 14.2 Å². The number of hydrogen-bond acceptors (Lipinski definition) is 4. The van der Waals surface area contributed by atoms with Crippen LogP contribution in [0.3, 0.4) is 0 Å². The number of ether oxygens (including phenoxy) is 3. The van der Waals surface area contributed by atoms with E-state index in [4.69, 9.17) is 14.2 Å². The lowest BCUT2D eigenvalue weighted by molar-refractivity contribution is -0.145. The molecule has 1 N–H and O–H groups in total. The molecule has 0 heterocycles. The van der Waals surface area contributed by atoms with E-state index in [2.05, 4.69) is 0 Å². The maximum atomic E-state index is 11.4. The lowest BCUT2D eigenvalue weighted by atomic mass is 10.1. The molecule has 0 aliphatic heterocycles. The Hall–Kier alpha value is -2.69. The third-order valence-electron chi connectivity index (χ3n) is 3.15. The van der Waals surface area contributed by atoms with Crippen molar-refractivity contribution in [2.75, 3.05) is 14.2 Å². The van der Waals surface area contributed by atoms with E-state index in [0.29, 0.717) is 17.2 Å². The topological polar surface area (TPSA) is 65.0 Å². The molecule has 0 saturated heterocycles. The van der Waals surface area contributed by atoms with Crippen LogP contribution in [0.4, 0.5) is 0 Å². The minimum Gasteiger partial charge on any atom is -0.497 e. The summed E-state index contributed by atoms with van der Waals surface area (Å²) in [7, 11) is 3.12. The van der Waals surface area contributed by atoms with Crippen molar-refractivity contribution in [2.24, 2.45) is 0 Å². The summed E-state index contributed by atoms with van der Waals surface area (Å²) < 4.78 is 15.8. The summed E-state index contributed by atoms with van der Waals surface area (Å²) in [6, 6.07) is 14.1.